The minimum Gasteiger partial charge on any atom is -0.451 e. The van der Waals surface area contributed by atoms with Gasteiger partial charge in [-0.15, -0.1) is 12.4 Å². The zero-order valence-corrected chi connectivity index (χ0v) is 15.8. The van der Waals surface area contributed by atoms with E-state index in [4.69, 9.17) is 4.42 Å². The smallest absolute Gasteiger partial charge is 0.287 e. The number of benzene rings is 2. The highest BCUT2D eigenvalue weighted by Gasteiger charge is 2.20. The van der Waals surface area contributed by atoms with Crippen molar-refractivity contribution in [1.82, 2.24) is 10.2 Å². The number of likely N-dealkylation sites (N-methyl/N-ethyl adjacent to an activating group) is 1. The maximum absolute atomic E-state index is 13.4. The van der Waals surface area contributed by atoms with E-state index in [0.717, 1.165) is 5.56 Å². The van der Waals surface area contributed by atoms with Crippen molar-refractivity contribution in [2.45, 2.75) is 13.0 Å². The van der Waals surface area contributed by atoms with Crippen LogP contribution in [0.4, 0.5) is 4.39 Å². The Labute approximate surface area is 158 Å². The molecule has 1 unspecified atom stereocenters. The van der Waals surface area contributed by atoms with Crippen molar-refractivity contribution in [1.29, 1.82) is 0 Å². The number of nitrogens with zero attached hydrogens (tertiary/aromatic N) is 1. The Kier molecular flexibility index (Phi) is 6.40. The third kappa shape index (κ3) is 4.06. The quantitative estimate of drug-likeness (QED) is 0.720. The lowest BCUT2D eigenvalue weighted by atomic mass is 10.1. The summed E-state index contributed by atoms with van der Waals surface area (Å²) in [5, 5.41) is 3.55. The number of carbonyl (C=O) groups excluding carboxylic acids is 1. The molecule has 0 saturated heterocycles. The van der Waals surface area contributed by atoms with Crippen molar-refractivity contribution >= 4 is 29.3 Å². The topological polar surface area (TPSA) is 45.5 Å². The number of fused-ring (bicyclic) bond motifs is 1. The summed E-state index contributed by atoms with van der Waals surface area (Å²) >= 11 is 0. The lowest BCUT2D eigenvalue weighted by Gasteiger charge is -2.25. The summed E-state index contributed by atoms with van der Waals surface area (Å²) in [5.41, 5.74) is 2.28. The Hall–Kier alpha value is -2.37. The molecule has 0 aliphatic carbocycles. The van der Waals surface area contributed by atoms with Crippen molar-refractivity contribution in [3.8, 4) is 0 Å². The van der Waals surface area contributed by atoms with Gasteiger partial charge in [0.05, 0.1) is 6.04 Å². The molecule has 0 aliphatic heterocycles. The van der Waals surface area contributed by atoms with Crippen molar-refractivity contribution in [3.63, 3.8) is 0 Å². The van der Waals surface area contributed by atoms with Gasteiger partial charge in [0.2, 0.25) is 0 Å². The van der Waals surface area contributed by atoms with Crippen LogP contribution in [0.2, 0.25) is 0 Å². The van der Waals surface area contributed by atoms with Crippen molar-refractivity contribution in [2.75, 3.05) is 20.6 Å². The highest BCUT2D eigenvalue weighted by atomic mass is 35.5. The van der Waals surface area contributed by atoms with Crippen LogP contribution in [0, 0.1) is 12.7 Å². The summed E-state index contributed by atoms with van der Waals surface area (Å²) in [7, 11) is 3.94. The molecular formula is C20H22ClFN2O2. The molecule has 4 nitrogen and oxygen atoms in total. The molecule has 0 aliphatic rings. The molecule has 0 spiro atoms. The third-order valence-electron chi connectivity index (χ3n) is 4.37. The Bertz CT molecular complexity index is 893. The Balaban J connectivity index is 0.00000243. The zero-order chi connectivity index (χ0) is 18.0. The number of carbonyl (C=O) groups is 1. The molecule has 1 heterocycles. The van der Waals surface area contributed by atoms with E-state index >= 15 is 0 Å². The fourth-order valence-corrected chi connectivity index (χ4v) is 2.95. The van der Waals surface area contributed by atoms with Crippen LogP contribution in [0.15, 0.2) is 52.9 Å². The molecule has 6 heteroatoms. The van der Waals surface area contributed by atoms with E-state index < -0.39 is 0 Å². The summed E-state index contributed by atoms with van der Waals surface area (Å²) < 4.78 is 19.0. The number of rotatable bonds is 5. The second-order valence-electron chi connectivity index (χ2n) is 6.30. The summed E-state index contributed by atoms with van der Waals surface area (Å²) in [5.74, 6) is -0.414. The highest BCUT2D eigenvalue weighted by Crippen LogP contribution is 2.26. The minimum atomic E-state index is -0.347. The van der Waals surface area contributed by atoms with Gasteiger partial charge in [0, 0.05) is 17.5 Å². The molecule has 26 heavy (non-hydrogen) atoms. The molecule has 0 saturated carbocycles. The second kappa shape index (κ2) is 8.34. The average Bonchev–Trinajstić information content (AvgIpc) is 2.92. The van der Waals surface area contributed by atoms with Crippen LogP contribution in [0.25, 0.3) is 11.0 Å². The number of aryl methyl sites for hydroxylation is 1. The monoisotopic (exact) mass is 376 g/mol. The summed E-state index contributed by atoms with van der Waals surface area (Å²) in [6, 6.07) is 14.3. The number of hydrogen-bond donors (Lipinski definition) is 1. The fourth-order valence-electron chi connectivity index (χ4n) is 2.95. The predicted molar refractivity (Wildman–Crippen MR) is 103 cm³/mol. The fraction of sp³-hybridized carbons (Fsp3) is 0.250. The Morgan fingerprint density at radius 2 is 1.88 bits per heavy atom. The normalized spacial score (nSPS) is 12.0. The van der Waals surface area contributed by atoms with Crippen molar-refractivity contribution in [3.05, 3.63) is 71.2 Å². The van der Waals surface area contributed by atoms with Crippen LogP contribution < -0.4 is 5.32 Å². The lowest BCUT2D eigenvalue weighted by Crippen LogP contribution is -2.34. The molecule has 1 atom stereocenters. The standard InChI is InChI=1S/C20H21FN2O2.ClH/c1-13-16-11-15(21)9-10-18(16)25-19(13)20(24)22-12-17(23(2)3)14-7-5-4-6-8-14;/h4-11,17H,12H2,1-3H3,(H,22,24);1H. The first-order valence-electron chi connectivity index (χ1n) is 8.15. The zero-order valence-electron chi connectivity index (χ0n) is 15.0. The van der Waals surface area contributed by atoms with Gasteiger partial charge in [-0.05, 0) is 44.8 Å². The number of nitrogens with one attached hydrogen (secondary N) is 1. The van der Waals surface area contributed by atoms with Crippen LogP contribution in [0.3, 0.4) is 0 Å². The Morgan fingerprint density at radius 3 is 2.54 bits per heavy atom. The van der Waals surface area contributed by atoms with Crippen LogP contribution >= 0.6 is 12.4 Å². The molecule has 1 amide bonds. The lowest BCUT2D eigenvalue weighted by molar-refractivity contribution is 0.0915. The van der Waals surface area contributed by atoms with Gasteiger partial charge in [-0.1, -0.05) is 30.3 Å². The second-order valence-corrected chi connectivity index (χ2v) is 6.30. The molecule has 3 aromatic rings. The average molecular weight is 377 g/mol. The molecule has 1 N–H and O–H groups in total. The van der Waals surface area contributed by atoms with Crippen LogP contribution in [0.1, 0.15) is 27.7 Å². The van der Waals surface area contributed by atoms with Crippen LogP contribution in [-0.4, -0.2) is 31.4 Å². The van der Waals surface area contributed by atoms with Gasteiger partial charge in [-0.25, -0.2) is 4.39 Å². The van der Waals surface area contributed by atoms with E-state index in [1.54, 1.807) is 13.0 Å². The first kappa shape index (κ1) is 19.9. The SMILES string of the molecule is Cc1c(C(=O)NCC(c2ccccc2)N(C)C)oc2ccc(F)cc12.Cl. The Morgan fingerprint density at radius 1 is 1.19 bits per heavy atom. The maximum Gasteiger partial charge on any atom is 0.287 e. The molecule has 0 bridgehead atoms. The number of halogens is 2. The third-order valence-corrected chi connectivity index (χ3v) is 4.37. The van der Waals surface area contributed by atoms with Crippen LogP contribution in [-0.2, 0) is 0 Å². The van der Waals surface area contributed by atoms with E-state index in [1.807, 2.05) is 44.4 Å². The van der Waals surface area contributed by atoms with Gasteiger partial charge in [-0.2, -0.15) is 0 Å². The molecule has 1 aromatic heterocycles. The molecule has 3 rings (SSSR count). The first-order chi connectivity index (χ1) is 12.0. The molecule has 0 radical (unpaired) electrons. The molecule has 2 aromatic carbocycles. The minimum absolute atomic E-state index is 0. The first-order valence-corrected chi connectivity index (χ1v) is 8.15. The number of furan rings is 1. The van der Waals surface area contributed by atoms with E-state index in [-0.39, 0.29) is 35.9 Å². The number of amides is 1. The molecule has 0 fully saturated rings. The van der Waals surface area contributed by atoms with E-state index in [2.05, 4.69) is 10.2 Å². The molecular weight excluding hydrogens is 355 g/mol. The number of hydrogen-bond acceptors (Lipinski definition) is 3. The van der Waals surface area contributed by atoms with Crippen LogP contribution in [0.5, 0.6) is 0 Å². The highest BCUT2D eigenvalue weighted by molar-refractivity contribution is 5.98. The molecule has 138 valence electrons. The predicted octanol–water partition coefficient (Wildman–Crippen LogP) is 4.33. The van der Waals surface area contributed by atoms with E-state index in [9.17, 15) is 9.18 Å². The van der Waals surface area contributed by atoms with E-state index in [1.165, 1.54) is 12.1 Å². The summed E-state index contributed by atoms with van der Waals surface area (Å²) in [4.78, 5) is 14.6. The summed E-state index contributed by atoms with van der Waals surface area (Å²) in [6.07, 6.45) is 0. The van der Waals surface area contributed by atoms with Gasteiger partial charge >= 0.3 is 0 Å². The van der Waals surface area contributed by atoms with Gasteiger partial charge in [0.25, 0.3) is 5.91 Å². The van der Waals surface area contributed by atoms with Gasteiger partial charge < -0.3 is 14.6 Å². The largest absolute Gasteiger partial charge is 0.451 e. The van der Waals surface area contributed by atoms with Crippen molar-refractivity contribution < 1.29 is 13.6 Å². The van der Waals surface area contributed by atoms with E-state index in [0.29, 0.717) is 23.1 Å². The van der Waals surface area contributed by atoms with Gasteiger partial charge in [-0.3, -0.25) is 4.79 Å². The van der Waals surface area contributed by atoms with Gasteiger partial charge in [0.15, 0.2) is 5.76 Å². The summed E-state index contributed by atoms with van der Waals surface area (Å²) in [6.45, 7) is 2.21. The van der Waals surface area contributed by atoms with Gasteiger partial charge in [0.1, 0.15) is 11.4 Å². The van der Waals surface area contributed by atoms with Crippen molar-refractivity contribution in [2.24, 2.45) is 0 Å². The maximum atomic E-state index is 13.4.